The van der Waals surface area contributed by atoms with Crippen LogP contribution >= 0.6 is 0 Å². The average Bonchev–Trinajstić information content (AvgIpc) is 2.63. The monoisotopic (exact) mass is 346 g/mol. The topological polar surface area (TPSA) is 54.4 Å². The number of carbonyl (C=O) groups excluding carboxylic acids is 2. The summed E-state index contributed by atoms with van der Waals surface area (Å²) in [5.41, 5.74) is 1.99. The van der Waals surface area contributed by atoms with E-state index in [0.29, 0.717) is 17.6 Å². The lowest BCUT2D eigenvalue weighted by Crippen LogP contribution is -2.24. The molecule has 140 valence electrons. The van der Waals surface area contributed by atoms with Gasteiger partial charge in [0.2, 0.25) is 5.78 Å². The first-order valence-electron chi connectivity index (χ1n) is 9.44. The zero-order valence-corrected chi connectivity index (χ0v) is 16.4. The van der Waals surface area contributed by atoms with Crippen molar-refractivity contribution in [2.24, 2.45) is 5.92 Å². The maximum Gasteiger partial charge on any atom is 0.223 e. The minimum Gasteiger partial charge on any atom is -0.504 e. The lowest BCUT2D eigenvalue weighted by atomic mass is 9.79. The van der Waals surface area contributed by atoms with Gasteiger partial charge in [-0.2, -0.15) is 0 Å². The molecule has 0 aromatic rings. The number of allylic oxidation sites excluding steroid dienone is 5. The fourth-order valence-corrected chi connectivity index (χ4v) is 3.14. The number of hydrogen-bond acceptors (Lipinski definition) is 3. The third-order valence-corrected chi connectivity index (χ3v) is 4.33. The standard InChI is InChI=1S/C18H24O3.C2H6.C2H4/c1-3-4-5-8-14-11-15(19)16(18(21)17(14)20)13-9-6-7-12(2)10-13;2*1-2/h10-11,13,21H,3-9H2,1-2H3;1-2H3;1-2H2/t13-;;/m0../s1. The number of hydrogen-bond donors (Lipinski definition) is 1. The van der Waals surface area contributed by atoms with Gasteiger partial charge in [0.05, 0.1) is 5.57 Å². The van der Waals surface area contributed by atoms with E-state index in [-0.39, 0.29) is 23.2 Å². The molecule has 0 aromatic heterocycles. The van der Waals surface area contributed by atoms with Crippen LogP contribution in [0.15, 0.2) is 47.8 Å². The maximum atomic E-state index is 12.3. The van der Waals surface area contributed by atoms with Crippen LogP contribution in [0.4, 0.5) is 0 Å². The summed E-state index contributed by atoms with van der Waals surface area (Å²) in [5, 5.41) is 10.2. The van der Waals surface area contributed by atoms with Crippen molar-refractivity contribution < 1.29 is 14.7 Å². The molecule has 0 aromatic carbocycles. The SMILES string of the molecule is C=C.CC.CCCCCC1=CC(=O)C([C@@H]2C=C(C)CCC2)=C(O)C1=O. The van der Waals surface area contributed by atoms with Gasteiger partial charge in [-0.05, 0) is 45.1 Å². The van der Waals surface area contributed by atoms with Crippen molar-refractivity contribution in [3.05, 3.63) is 47.8 Å². The zero-order valence-electron chi connectivity index (χ0n) is 16.4. The van der Waals surface area contributed by atoms with E-state index in [2.05, 4.69) is 20.1 Å². The summed E-state index contributed by atoms with van der Waals surface area (Å²) < 4.78 is 0. The van der Waals surface area contributed by atoms with Crippen molar-refractivity contribution in [2.45, 2.75) is 72.6 Å². The van der Waals surface area contributed by atoms with Gasteiger partial charge in [-0.1, -0.05) is 45.3 Å². The van der Waals surface area contributed by atoms with E-state index in [1.54, 1.807) is 0 Å². The summed E-state index contributed by atoms with van der Waals surface area (Å²) in [6.45, 7) is 14.1. The molecule has 2 aliphatic rings. The first-order valence-corrected chi connectivity index (χ1v) is 9.44. The summed E-state index contributed by atoms with van der Waals surface area (Å²) >= 11 is 0. The van der Waals surface area contributed by atoms with E-state index in [1.807, 2.05) is 26.8 Å². The van der Waals surface area contributed by atoms with E-state index >= 15 is 0 Å². The van der Waals surface area contributed by atoms with Gasteiger partial charge in [-0.3, -0.25) is 9.59 Å². The van der Waals surface area contributed by atoms with Gasteiger partial charge in [0.15, 0.2) is 11.5 Å². The number of ketones is 2. The quantitative estimate of drug-likeness (QED) is 0.375. The number of Topliss-reactive ketones (excluding diaryl/α,β-unsaturated/α-hetero) is 1. The normalized spacial score (nSPS) is 19.9. The molecule has 25 heavy (non-hydrogen) atoms. The van der Waals surface area contributed by atoms with Crippen molar-refractivity contribution >= 4 is 11.6 Å². The fraction of sp³-hybridized carbons (Fsp3) is 0.545. The van der Waals surface area contributed by atoms with E-state index in [0.717, 1.165) is 38.5 Å². The Hall–Kier alpha value is -1.90. The molecular weight excluding hydrogens is 312 g/mol. The number of unbranched alkanes of at least 4 members (excludes halogenated alkanes) is 2. The maximum absolute atomic E-state index is 12.3. The Labute approximate surface area is 153 Å². The number of carbonyl (C=O) groups is 2. The van der Waals surface area contributed by atoms with Crippen molar-refractivity contribution in [3.63, 3.8) is 0 Å². The Morgan fingerprint density at radius 3 is 2.40 bits per heavy atom. The largest absolute Gasteiger partial charge is 0.504 e. The Morgan fingerprint density at radius 1 is 1.20 bits per heavy atom. The predicted octanol–water partition coefficient (Wildman–Crippen LogP) is 6.03. The molecule has 0 unspecified atom stereocenters. The molecule has 0 fully saturated rings. The van der Waals surface area contributed by atoms with Crippen LogP contribution in [-0.2, 0) is 9.59 Å². The molecule has 0 saturated carbocycles. The van der Waals surface area contributed by atoms with Crippen LogP contribution in [0.3, 0.4) is 0 Å². The second-order valence-corrected chi connectivity index (χ2v) is 6.09. The Morgan fingerprint density at radius 2 is 1.84 bits per heavy atom. The fourth-order valence-electron chi connectivity index (χ4n) is 3.14. The molecular formula is C22H34O3. The molecule has 0 spiro atoms. The number of aliphatic hydroxyl groups excluding tert-OH is 1. The highest BCUT2D eigenvalue weighted by molar-refractivity contribution is 6.21. The molecule has 0 bridgehead atoms. The summed E-state index contributed by atoms with van der Waals surface area (Å²) in [6, 6.07) is 0. The molecule has 0 saturated heterocycles. The molecule has 3 nitrogen and oxygen atoms in total. The van der Waals surface area contributed by atoms with Gasteiger partial charge in [-0.25, -0.2) is 0 Å². The van der Waals surface area contributed by atoms with Gasteiger partial charge in [-0.15, -0.1) is 13.2 Å². The highest BCUT2D eigenvalue weighted by atomic mass is 16.3. The van der Waals surface area contributed by atoms with E-state index in [1.165, 1.54) is 11.6 Å². The van der Waals surface area contributed by atoms with Gasteiger partial charge in [0, 0.05) is 11.5 Å². The average molecular weight is 347 g/mol. The summed E-state index contributed by atoms with van der Waals surface area (Å²) in [7, 11) is 0. The van der Waals surface area contributed by atoms with Crippen molar-refractivity contribution in [2.75, 3.05) is 0 Å². The molecule has 0 aliphatic heterocycles. The molecule has 2 rings (SSSR count). The van der Waals surface area contributed by atoms with Crippen LogP contribution in [0.5, 0.6) is 0 Å². The lowest BCUT2D eigenvalue weighted by molar-refractivity contribution is -0.118. The second-order valence-electron chi connectivity index (χ2n) is 6.09. The predicted molar refractivity (Wildman–Crippen MR) is 106 cm³/mol. The highest BCUT2D eigenvalue weighted by Gasteiger charge is 2.32. The summed E-state index contributed by atoms with van der Waals surface area (Å²) in [4.78, 5) is 24.6. The number of aliphatic hydroxyl groups is 1. The van der Waals surface area contributed by atoms with Crippen LogP contribution in [0, 0.1) is 5.92 Å². The third kappa shape index (κ3) is 6.49. The van der Waals surface area contributed by atoms with Gasteiger partial charge in [0.1, 0.15) is 0 Å². The third-order valence-electron chi connectivity index (χ3n) is 4.33. The summed E-state index contributed by atoms with van der Waals surface area (Å²) in [5.74, 6) is -0.958. The van der Waals surface area contributed by atoms with E-state index in [9.17, 15) is 14.7 Å². The first-order chi connectivity index (χ1) is 12.0. The van der Waals surface area contributed by atoms with Gasteiger partial charge in [0.25, 0.3) is 0 Å². The van der Waals surface area contributed by atoms with Crippen LogP contribution in [-0.4, -0.2) is 16.7 Å². The Kier molecular flexibility index (Phi) is 11.5. The molecule has 0 heterocycles. The molecule has 2 aliphatic carbocycles. The highest BCUT2D eigenvalue weighted by Crippen LogP contribution is 2.33. The van der Waals surface area contributed by atoms with Crippen molar-refractivity contribution in [1.29, 1.82) is 0 Å². The van der Waals surface area contributed by atoms with Crippen molar-refractivity contribution in [1.82, 2.24) is 0 Å². The van der Waals surface area contributed by atoms with Crippen molar-refractivity contribution in [3.8, 4) is 0 Å². The molecule has 1 N–H and O–H groups in total. The zero-order chi connectivity index (χ0) is 19.4. The Balaban J connectivity index is 0.00000134. The van der Waals surface area contributed by atoms with Crippen LogP contribution in [0.25, 0.3) is 0 Å². The minimum atomic E-state index is -0.350. The smallest absolute Gasteiger partial charge is 0.223 e. The van der Waals surface area contributed by atoms with Crippen LogP contribution < -0.4 is 0 Å². The van der Waals surface area contributed by atoms with Gasteiger partial charge >= 0.3 is 0 Å². The molecule has 1 atom stereocenters. The Bertz CT molecular complexity index is 550. The molecule has 3 heteroatoms. The second kappa shape index (κ2) is 12.5. The first kappa shape index (κ1) is 23.1. The molecule has 0 radical (unpaired) electrons. The van der Waals surface area contributed by atoms with Crippen LogP contribution in [0.1, 0.15) is 72.6 Å². The van der Waals surface area contributed by atoms with Gasteiger partial charge < -0.3 is 5.11 Å². The summed E-state index contributed by atoms with van der Waals surface area (Å²) in [6.07, 6.45) is 9.88. The van der Waals surface area contributed by atoms with E-state index in [4.69, 9.17) is 0 Å². The minimum absolute atomic E-state index is 0.108. The molecule has 0 amide bonds. The lowest BCUT2D eigenvalue weighted by Gasteiger charge is -2.24. The van der Waals surface area contributed by atoms with Crippen LogP contribution in [0.2, 0.25) is 0 Å². The van der Waals surface area contributed by atoms with E-state index < -0.39 is 0 Å². The number of rotatable bonds is 5.